The maximum Gasteiger partial charge on any atom is 0.106 e. The highest BCUT2D eigenvalue weighted by molar-refractivity contribution is 5.27. The molecule has 1 heterocycles. The quantitative estimate of drug-likeness (QED) is 0.843. The lowest BCUT2D eigenvalue weighted by molar-refractivity contribution is 0.0529. The van der Waals surface area contributed by atoms with Crippen molar-refractivity contribution in [1.29, 1.82) is 0 Å². The fourth-order valence-electron chi connectivity index (χ4n) is 2.09. The Labute approximate surface area is 98.0 Å². The van der Waals surface area contributed by atoms with Crippen molar-refractivity contribution in [3.63, 3.8) is 0 Å². The van der Waals surface area contributed by atoms with Crippen molar-refractivity contribution >= 4 is 0 Å². The molecule has 1 aliphatic heterocycles. The fraction of sp³-hybridized carbons (Fsp3) is 0.571. The topological polar surface area (TPSA) is 21.3 Å². The van der Waals surface area contributed by atoms with Gasteiger partial charge in [-0.05, 0) is 30.4 Å². The normalized spacial score (nSPS) is 26.9. The third-order valence-corrected chi connectivity index (χ3v) is 3.45. The first kappa shape index (κ1) is 11.6. The van der Waals surface area contributed by atoms with Crippen LogP contribution in [0.2, 0.25) is 0 Å². The van der Waals surface area contributed by atoms with Crippen LogP contribution < -0.4 is 5.32 Å². The zero-order valence-corrected chi connectivity index (χ0v) is 10.4. The molecule has 1 saturated heterocycles. The summed E-state index contributed by atoms with van der Waals surface area (Å²) < 4.78 is 5.76. The lowest BCUT2D eigenvalue weighted by Crippen LogP contribution is -2.17. The molecule has 0 aromatic heterocycles. The second-order valence-electron chi connectivity index (χ2n) is 4.65. The molecule has 88 valence electrons. The van der Waals surface area contributed by atoms with Gasteiger partial charge < -0.3 is 4.74 Å². The predicted octanol–water partition coefficient (Wildman–Crippen LogP) is 3.21. The molecule has 0 amide bonds. The van der Waals surface area contributed by atoms with E-state index in [0.717, 1.165) is 6.54 Å². The van der Waals surface area contributed by atoms with Crippen molar-refractivity contribution in [2.45, 2.75) is 45.4 Å². The summed E-state index contributed by atoms with van der Waals surface area (Å²) in [6.45, 7) is 7.46. The zero-order valence-electron chi connectivity index (χ0n) is 10.4. The van der Waals surface area contributed by atoms with Crippen molar-refractivity contribution in [3.8, 4) is 0 Å². The standard InChI is InChI=1S/C14H21NO/c1-4-10(2)12-5-7-13(8-6-12)14-9-15-11(3)16-14/h5-8,10-11,14-15H,4,9H2,1-3H3. The molecule has 0 saturated carbocycles. The highest BCUT2D eigenvalue weighted by Crippen LogP contribution is 2.25. The van der Waals surface area contributed by atoms with Crippen LogP contribution in [0.3, 0.4) is 0 Å². The van der Waals surface area contributed by atoms with Crippen molar-refractivity contribution in [1.82, 2.24) is 5.32 Å². The van der Waals surface area contributed by atoms with E-state index in [1.165, 1.54) is 17.5 Å². The monoisotopic (exact) mass is 219 g/mol. The van der Waals surface area contributed by atoms with Gasteiger partial charge in [-0.15, -0.1) is 0 Å². The smallest absolute Gasteiger partial charge is 0.106 e. The zero-order chi connectivity index (χ0) is 11.5. The highest BCUT2D eigenvalue weighted by Gasteiger charge is 2.22. The lowest BCUT2D eigenvalue weighted by atomic mass is 9.96. The van der Waals surface area contributed by atoms with Crippen LogP contribution in [0, 0.1) is 0 Å². The van der Waals surface area contributed by atoms with Crippen LogP contribution in [0.1, 0.15) is 50.3 Å². The van der Waals surface area contributed by atoms with Gasteiger partial charge in [0.05, 0.1) is 6.10 Å². The van der Waals surface area contributed by atoms with Gasteiger partial charge in [-0.3, -0.25) is 5.32 Å². The molecule has 2 heteroatoms. The Morgan fingerprint density at radius 1 is 1.38 bits per heavy atom. The number of hydrogen-bond acceptors (Lipinski definition) is 2. The van der Waals surface area contributed by atoms with Crippen LogP contribution in [0.5, 0.6) is 0 Å². The second kappa shape index (κ2) is 4.98. The van der Waals surface area contributed by atoms with Crippen molar-refractivity contribution in [2.24, 2.45) is 0 Å². The van der Waals surface area contributed by atoms with E-state index in [-0.39, 0.29) is 12.3 Å². The van der Waals surface area contributed by atoms with Crippen LogP contribution in [0.15, 0.2) is 24.3 Å². The Bertz CT molecular complexity index is 333. The molecule has 2 rings (SSSR count). The van der Waals surface area contributed by atoms with Gasteiger partial charge in [0.15, 0.2) is 0 Å². The number of benzene rings is 1. The summed E-state index contributed by atoms with van der Waals surface area (Å²) in [4.78, 5) is 0. The molecule has 1 aromatic carbocycles. The summed E-state index contributed by atoms with van der Waals surface area (Å²) in [6, 6.07) is 8.86. The predicted molar refractivity (Wildman–Crippen MR) is 66.4 cm³/mol. The second-order valence-corrected chi connectivity index (χ2v) is 4.65. The molecular formula is C14H21NO. The molecule has 1 fully saturated rings. The number of nitrogens with one attached hydrogen (secondary N) is 1. The maximum atomic E-state index is 5.76. The van der Waals surface area contributed by atoms with Crippen LogP contribution in [0.25, 0.3) is 0 Å². The van der Waals surface area contributed by atoms with Crippen LogP contribution in [-0.4, -0.2) is 12.8 Å². The van der Waals surface area contributed by atoms with E-state index in [1.54, 1.807) is 0 Å². The lowest BCUT2D eigenvalue weighted by Gasteiger charge is -2.13. The van der Waals surface area contributed by atoms with Crippen LogP contribution in [0.4, 0.5) is 0 Å². The molecule has 2 nitrogen and oxygen atoms in total. The minimum absolute atomic E-state index is 0.180. The first-order valence-electron chi connectivity index (χ1n) is 6.19. The average molecular weight is 219 g/mol. The summed E-state index contributed by atoms with van der Waals surface area (Å²) in [5.74, 6) is 0.649. The van der Waals surface area contributed by atoms with Crippen molar-refractivity contribution in [2.75, 3.05) is 6.54 Å². The van der Waals surface area contributed by atoms with E-state index in [2.05, 4.69) is 43.4 Å². The molecular weight excluding hydrogens is 198 g/mol. The number of ether oxygens (including phenoxy) is 1. The molecule has 16 heavy (non-hydrogen) atoms. The van der Waals surface area contributed by atoms with E-state index < -0.39 is 0 Å². The molecule has 0 spiro atoms. The fourth-order valence-corrected chi connectivity index (χ4v) is 2.09. The van der Waals surface area contributed by atoms with Gasteiger partial charge in [-0.2, -0.15) is 0 Å². The Balaban J connectivity index is 2.07. The Morgan fingerprint density at radius 2 is 2.06 bits per heavy atom. The van der Waals surface area contributed by atoms with Gasteiger partial charge in [0.2, 0.25) is 0 Å². The van der Waals surface area contributed by atoms with E-state index in [0.29, 0.717) is 5.92 Å². The van der Waals surface area contributed by atoms with Crippen molar-refractivity contribution < 1.29 is 4.74 Å². The Kier molecular flexibility index (Phi) is 3.62. The SMILES string of the molecule is CCC(C)c1ccc(C2CNC(C)O2)cc1. The average Bonchev–Trinajstić information content (AvgIpc) is 2.75. The van der Waals surface area contributed by atoms with Gasteiger partial charge in [0, 0.05) is 6.54 Å². The van der Waals surface area contributed by atoms with E-state index >= 15 is 0 Å². The molecule has 3 unspecified atom stereocenters. The largest absolute Gasteiger partial charge is 0.354 e. The first-order chi connectivity index (χ1) is 7.70. The van der Waals surface area contributed by atoms with E-state index in [1.807, 2.05) is 6.92 Å². The Morgan fingerprint density at radius 3 is 2.56 bits per heavy atom. The summed E-state index contributed by atoms with van der Waals surface area (Å²) in [7, 11) is 0. The van der Waals surface area contributed by atoms with Crippen LogP contribution in [-0.2, 0) is 4.74 Å². The highest BCUT2D eigenvalue weighted by atomic mass is 16.5. The van der Waals surface area contributed by atoms with Crippen molar-refractivity contribution in [3.05, 3.63) is 35.4 Å². The molecule has 1 aromatic rings. The van der Waals surface area contributed by atoms with Gasteiger partial charge in [-0.25, -0.2) is 0 Å². The summed E-state index contributed by atoms with van der Waals surface area (Å²) in [5.41, 5.74) is 2.70. The number of hydrogen-bond donors (Lipinski definition) is 1. The molecule has 0 radical (unpaired) electrons. The summed E-state index contributed by atoms with van der Waals surface area (Å²) in [6.07, 6.45) is 1.60. The summed E-state index contributed by atoms with van der Waals surface area (Å²) >= 11 is 0. The van der Waals surface area contributed by atoms with Crippen LogP contribution >= 0.6 is 0 Å². The minimum atomic E-state index is 0.180. The van der Waals surface area contributed by atoms with E-state index in [9.17, 15) is 0 Å². The Hall–Kier alpha value is -0.860. The molecule has 3 atom stereocenters. The minimum Gasteiger partial charge on any atom is -0.354 e. The molecule has 0 aliphatic carbocycles. The molecule has 0 bridgehead atoms. The third kappa shape index (κ3) is 2.45. The van der Waals surface area contributed by atoms with Gasteiger partial charge in [0.1, 0.15) is 6.23 Å². The first-order valence-corrected chi connectivity index (χ1v) is 6.19. The maximum absolute atomic E-state index is 5.76. The van der Waals surface area contributed by atoms with Gasteiger partial charge >= 0.3 is 0 Å². The van der Waals surface area contributed by atoms with E-state index in [4.69, 9.17) is 4.74 Å². The summed E-state index contributed by atoms with van der Waals surface area (Å²) in [5, 5.41) is 3.29. The molecule has 1 N–H and O–H groups in total. The number of rotatable bonds is 3. The molecule has 1 aliphatic rings. The van der Waals surface area contributed by atoms with Gasteiger partial charge in [0.25, 0.3) is 0 Å². The van der Waals surface area contributed by atoms with Gasteiger partial charge in [-0.1, -0.05) is 38.1 Å². The third-order valence-electron chi connectivity index (χ3n) is 3.45.